The molecule has 28 heavy (non-hydrogen) atoms. The van der Waals surface area contributed by atoms with Gasteiger partial charge in [0.05, 0.1) is 11.6 Å². The molecule has 0 aliphatic rings. The highest BCUT2D eigenvalue weighted by molar-refractivity contribution is 6.33. The van der Waals surface area contributed by atoms with E-state index in [-0.39, 0.29) is 12.5 Å². The molecule has 0 bridgehead atoms. The smallest absolute Gasteiger partial charge is 0.263 e. The van der Waals surface area contributed by atoms with Crippen molar-refractivity contribution >= 4 is 29.1 Å². The van der Waals surface area contributed by atoms with Crippen molar-refractivity contribution in [1.29, 1.82) is 0 Å². The molecule has 1 heterocycles. The zero-order valence-corrected chi connectivity index (χ0v) is 16.9. The molecule has 3 aromatic rings. The molecular formula is C20H19Cl2N3O3. The number of rotatable bonds is 7. The molecule has 0 unspecified atom stereocenters. The number of benzene rings is 2. The van der Waals surface area contributed by atoms with Crippen molar-refractivity contribution in [2.24, 2.45) is 0 Å². The van der Waals surface area contributed by atoms with Gasteiger partial charge in [-0.15, -0.1) is 0 Å². The topological polar surface area (TPSA) is 68.5 Å². The maximum Gasteiger partial charge on any atom is 0.263 e. The molecule has 1 aromatic heterocycles. The summed E-state index contributed by atoms with van der Waals surface area (Å²) in [4.78, 5) is 18.6. The van der Waals surface area contributed by atoms with Crippen LogP contribution in [0.15, 0.2) is 53.1 Å². The molecule has 6 nitrogen and oxygen atoms in total. The lowest BCUT2D eigenvalue weighted by Gasteiger charge is -2.22. The molecule has 3 rings (SSSR count). The maximum atomic E-state index is 12.7. The highest BCUT2D eigenvalue weighted by Crippen LogP contribution is 2.25. The lowest BCUT2D eigenvalue weighted by molar-refractivity contribution is -0.138. The second kappa shape index (κ2) is 9.08. The van der Waals surface area contributed by atoms with Crippen molar-refractivity contribution in [3.63, 3.8) is 0 Å². The van der Waals surface area contributed by atoms with Crippen molar-refractivity contribution in [1.82, 2.24) is 15.0 Å². The van der Waals surface area contributed by atoms with E-state index in [0.717, 1.165) is 0 Å². The summed E-state index contributed by atoms with van der Waals surface area (Å²) in [5, 5.41) is 5.08. The molecule has 0 saturated heterocycles. The van der Waals surface area contributed by atoms with Crippen LogP contribution in [-0.2, 0) is 11.3 Å². The van der Waals surface area contributed by atoms with Crippen molar-refractivity contribution in [2.75, 3.05) is 7.05 Å². The van der Waals surface area contributed by atoms with Gasteiger partial charge in [0.2, 0.25) is 11.7 Å². The molecule has 0 fully saturated rings. The number of amides is 1. The summed E-state index contributed by atoms with van der Waals surface area (Å²) in [6.45, 7) is 2.05. The highest BCUT2D eigenvalue weighted by atomic mass is 35.5. The van der Waals surface area contributed by atoms with E-state index in [9.17, 15) is 4.79 Å². The van der Waals surface area contributed by atoms with Gasteiger partial charge >= 0.3 is 0 Å². The molecule has 1 amide bonds. The average molecular weight is 420 g/mol. The fourth-order valence-electron chi connectivity index (χ4n) is 2.58. The third-order valence-corrected chi connectivity index (χ3v) is 4.65. The molecule has 0 saturated carbocycles. The molecule has 2 aromatic carbocycles. The van der Waals surface area contributed by atoms with E-state index in [4.69, 9.17) is 32.5 Å². The molecule has 146 valence electrons. The van der Waals surface area contributed by atoms with Gasteiger partial charge in [-0.25, -0.2) is 0 Å². The SMILES string of the molecule is CC[C@@H](Oc1ccc(Cl)cc1)C(=O)N(C)Cc1nc(-c2ccccc2Cl)no1. The van der Waals surface area contributed by atoms with E-state index in [1.165, 1.54) is 4.90 Å². The second-order valence-electron chi connectivity index (χ2n) is 6.15. The van der Waals surface area contributed by atoms with Crippen LogP contribution in [0.3, 0.4) is 0 Å². The molecule has 0 radical (unpaired) electrons. The van der Waals surface area contributed by atoms with Gasteiger partial charge in [0.1, 0.15) is 5.75 Å². The van der Waals surface area contributed by atoms with Gasteiger partial charge in [0.15, 0.2) is 6.10 Å². The fourth-order valence-corrected chi connectivity index (χ4v) is 2.93. The van der Waals surface area contributed by atoms with Crippen molar-refractivity contribution in [3.05, 3.63) is 64.5 Å². The standard InChI is InChI=1S/C20H19Cl2N3O3/c1-3-17(27-14-10-8-13(21)9-11-14)20(26)25(2)12-18-23-19(24-28-18)15-6-4-5-7-16(15)22/h4-11,17H,3,12H2,1-2H3/t17-/m1/s1. The van der Waals surface area contributed by atoms with Crippen LogP contribution >= 0.6 is 23.2 Å². The van der Waals surface area contributed by atoms with Crippen molar-refractivity contribution in [3.8, 4) is 17.1 Å². The van der Waals surface area contributed by atoms with Gasteiger partial charge in [-0.1, -0.05) is 47.4 Å². The molecule has 0 N–H and O–H groups in total. The molecular weight excluding hydrogens is 401 g/mol. The number of halogens is 2. The minimum atomic E-state index is -0.628. The summed E-state index contributed by atoms with van der Waals surface area (Å²) in [6, 6.07) is 14.1. The van der Waals surface area contributed by atoms with Gasteiger partial charge in [-0.05, 0) is 42.8 Å². The lowest BCUT2D eigenvalue weighted by Crippen LogP contribution is -2.39. The average Bonchev–Trinajstić information content (AvgIpc) is 3.15. The summed E-state index contributed by atoms with van der Waals surface area (Å²) in [5.74, 6) is 1.09. The fraction of sp³-hybridized carbons (Fsp3) is 0.250. The minimum absolute atomic E-state index is 0.163. The van der Waals surface area contributed by atoms with Gasteiger partial charge in [-0.2, -0.15) is 4.98 Å². The number of hydrogen-bond acceptors (Lipinski definition) is 5. The third kappa shape index (κ3) is 4.82. The molecule has 0 spiro atoms. The number of hydrogen-bond donors (Lipinski definition) is 0. The number of carbonyl (C=O) groups excluding carboxylic acids is 1. The van der Waals surface area contributed by atoms with Crippen LogP contribution < -0.4 is 4.74 Å². The van der Waals surface area contributed by atoms with Gasteiger partial charge in [-0.3, -0.25) is 4.79 Å². The van der Waals surface area contributed by atoms with E-state index in [2.05, 4.69) is 10.1 Å². The van der Waals surface area contributed by atoms with Crippen LogP contribution in [0.2, 0.25) is 10.0 Å². The van der Waals surface area contributed by atoms with E-state index in [1.54, 1.807) is 43.4 Å². The van der Waals surface area contributed by atoms with Gasteiger partial charge < -0.3 is 14.2 Å². The number of aromatic nitrogens is 2. The van der Waals surface area contributed by atoms with Crippen LogP contribution in [-0.4, -0.2) is 34.1 Å². The van der Waals surface area contributed by atoms with Crippen LogP contribution in [0.5, 0.6) is 5.75 Å². The predicted molar refractivity (Wildman–Crippen MR) is 107 cm³/mol. The normalized spacial score (nSPS) is 11.9. The summed E-state index contributed by atoms with van der Waals surface area (Å²) in [6.07, 6.45) is -0.113. The Kier molecular flexibility index (Phi) is 6.54. The third-order valence-electron chi connectivity index (χ3n) is 4.07. The number of ether oxygens (including phenoxy) is 1. The molecule has 0 aliphatic heterocycles. The van der Waals surface area contributed by atoms with E-state index in [0.29, 0.717) is 39.5 Å². The molecule has 8 heteroatoms. The zero-order valence-electron chi connectivity index (χ0n) is 15.4. The van der Waals surface area contributed by atoms with Crippen LogP contribution in [0.1, 0.15) is 19.2 Å². The monoisotopic (exact) mass is 419 g/mol. The summed E-state index contributed by atoms with van der Waals surface area (Å²) < 4.78 is 11.1. The maximum absolute atomic E-state index is 12.7. The minimum Gasteiger partial charge on any atom is -0.481 e. The van der Waals surface area contributed by atoms with Crippen molar-refractivity contribution < 1.29 is 14.1 Å². The molecule has 0 aliphatic carbocycles. The van der Waals surface area contributed by atoms with E-state index < -0.39 is 6.10 Å². The van der Waals surface area contributed by atoms with E-state index in [1.807, 2.05) is 19.1 Å². The quantitative estimate of drug-likeness (QED) is 0.546. The number of nitrogens with zero attached hydrogens (tertiary/aromatic N) is 3. The summed E-state index contributed by atoms with van der Waals surface area (Å²) >= 11 is 12.0. The van der Waals surface area contributed by atoms with Crippen LogP contribution in [0.4, 0.5) is 0 Å². The highest BCUT2D eigenvalue weighted by Gasteiger charge is 2.24. The van der Waals surface area contributed by atoms with Crippen LogP contribution in [0, 0.1) is 0 Å². The Hall–Kier alpha value is -2.57. The Morgan fingerprint density at radius 1 is 1.18 bits per heavy atom. The Morgan fingerprint density at radius 3 is 2.57 bits per heavy atom. The predicted octanol–water partition coefficient (Wildman–Crippen LogP) is 4.86. The first-order valence-electron chi connectivity index (χ1n) is 8.72. The van der Waals surface area contributed by atoms with Crippen LogP contribution in [0.25, 0.3) is 11.4 Å². The largest absolute Gasteiger partial charge is 0.481 e. The van der Waals surface area contributed by atoms with Gasteiger partial charge in [0, 0.05) is 17.6 Å². The Morgan fingerprint density at radius 2 is 1.89 bits per heavy atom. The summed E-state index contributed by atoms with van der Waals surface area (Å²) in [5.41, 5.74) is 0.672. The van der Waals surface area contributed by atoms with Gasteiger partial charge in [0.25, 0.3) is 5.91 Å². The summed E-state index contributed by atoms with van der Waals surface area (Å²) in [7, 11) is 1.66. The Labute approximate surface area is 173 Å². The Bertz CT molecular complexity index is 944. The number of likely N-dealkylation sites (N-methyl/N-ethyl adjacent to an activating group) is 1. The lowest BCUT2D eigenvalue weighted by atomic mass is 10.2. The first-order valence-corrected chi connectivity index (χ1v) is 9.48. The second-order valence-corrected chi connectivity index (χ2v) is 7.00. The Balaban J connectivity index is 1.66. The van der Waals surface area contributed by atoms with Crippen molar-refractivity contribution in [2.45, 2.75) is 26.0 Å². The molecule has 1 atom stereocenters. The number of carbonyl (C=O) groups is 1. The van der Waals surface area contributed by atoms with E-state index >= 15 is 0 Å². The first-order chi connectivity index (χ1) is 13.5. The zero-order chi connectivity index (χ0) is 20.1. The first kappa shape index (κ1) is 20.2.